The fourth-order valence-electron chi connectivity index (χ4n) is 2.06. The summed E-state index contributed by atoms with van der Waals surface area (Å²) in [5.41, 5.74) is 0.372. The maximum absolute atomic E-state index is 12.9. The Balaban J connectivity index is 2.11. The van der Waals surface area contributed by atoms with Gasteiger partial charge in [-0.15, -0.1) is 0 Å². The molecule has 0 radical (unpaired) electrons. The van der Waals surface area contributed by atoms with Crippen LogP contribution in [0.2, 0.25) is 5.02 Å². The van der Waals surface area contributed by atoms with Gasteiger partial charge in [0.15, 0.2) is 0 Å². The van der Waals surface area contributed by atoms with E-state index in [0.717, 1.165) is 0 Å². The Kier molecular flexibility index (Phi) is 2.92. The Morgan fingerprint density at radius 1 is 1.15 bits per heavy atom. The van der Waals surface area contributed by atoms with Crippen molar-refractivity contribution in [2.24, 2.45) is 0 Å². The van der Waals surface area contributed by atoms with Crippen molar-refractivity contribution in [3.63, 3.8) is 0 Å². The number of nitro benzene ring substituents is 1. The van der Waals surface area contributed by atoms with Gasteiger partial charge in [-0.1, -0.05) is 29.8 Å². The molecule has 8 heteroatoms. The number of anilines is 2. The van der Waals surface area contributed by atoms with E-state index in [1.807, 2.05) is 0 Å². The molecule has 2 aromatic carbocycles. The average Bonchev–Trinajstić information content (AvgIpc) is 2.76. The molecular weight excluding hydrogens is 301 g/mol. The number of benzene rings is 2. The number of halogens is 1. The van der Waals surface area contributed by atoms with Gasteiger partial charge in [0.1, 0.15) is 5.69 Å². The molecule has 1 unspecified atom stereocenters. The molecule has 0 saturated heterocycles. The monoisotopic (exact) mass is 309 g/mol. The molecule has 0 bridgehead atoms. The van der Waals surface area contributed by atoms with Gasteiger partial charge in [-0.25, -0.2) is 0 Å². The third-order valence-electron chi connectivity index (χ3n) is 2.95. The first kappa shape index (κ1) is 13.0. The van der Waals surface area contributed by atoms with Gasteiger partial charge in [0.05, 0.1) is 15.9 Å². The van der Waals surface area contributed by atoms with Crippen LogP contribution in [0, 0.1) is 10.1 Å². The van der Waals surface area contributed by atoms with Crippen molar-refractivity contribution >= 4 is 41.4 Å². The highest BCUT2D eigenvalue weighted by Crippen LogP contribution is 2.56. The summed E-state index contributed by atoms with van der Waals surface area (Å²) in [5, 5.41) is 17.4. The van der Waals surface area contributed by atoms with Gasteiger partial charge in [-0.3, -0.25) is 14.7 Å². The first-order valence-corrected chi connectivity index (χ1v) is 7.78. The van der Waals surface area contributed by atoms with E-state index in [-0.39, 0.29) is 16.4 Å². The van der Waals surface area contributed by atoms with E-state index in [1.165, 1.54) is 12.1 Å². The van der Waals surface area contributed by atoms with Gasteiger partial charge < -0.3 is 10.2 Å². The standard InChI is InChI=1S/C12H9ClN3O3P/c13-8-6-10-12(11(7-8)16(17)18)15-20(19,14-10)9-4-2-1-3-5-9/h1-7H,(H2,14,15,19). The number of nitrogens with zero attached hydrogens (tertiary/aromatic N) is 1. The van der Waals surface area contributed by atoms with E-state index in [2.05, 4.69) is 10.2 Å². The van der Waals surface area contributed by atoms with Crippen LogP contribution in [0.4, 0.5) is 17.1 Å². The smallest absolute Gasteiger partial charge is 0.296 e. The normalized spacial score (nSPS) is 19.9. The summed E-state index contributed by atoms with van der Waals surface area (Å²) in [6, 6.07) is 11.4. The number of rotatable bonds is 2. The molecule has 0 amide bonds. The minimum atomic E-state index is -3.15. The minimum Gasteiger partial charge on any atom is -0.315 e. The van der Waals surface area contributed by atoms with Crippen LogP contribution >= 0.6 is 19.0 Å². The van der Waals surface area contributed by atoms with Crippen molar-refractivity contribution in [2.75, 3.05) is 10.2 Å². The zero-order chi connectivity index (χ0) is 14.3. The summed E-state index contributed by atoms with van der Waals surface area (Å²) in [4.78, 5) is 10.5. The lowest BCUT2D eigenvalue weighted by Crippen LogP contribution is -2.12. The van der Waals surface area contributed by atoms with Crippen molar-refractivity contribution in [3.8, 4) is 0 Å². The van der Waals surface area contributed by atoms with Crippen LogP contribution in [0.1, 0.15) is 0 Å². The van der Waals surface area contributed by atoms with Gasteiger partial charge in [-0.05, 0) is 18.2 Å². The third-order valence-corrected chi connectivity index (χ3v) is 5.28. The van der Waals surface area contributed by atoms with Crippen LogP contribution in [0.15, 0.2) is 42.5 Å². The van der Waals surface area contributed by atoms with Crippen molar-refractivity contribution in [2.45, 2.75) is 0 Å². The van der Waals surface area contributed by atoms with E-state index in [0.29, 0.717) is 11.0 Å². The lowest BCUT2D eigenvalue weighted by Gasteiger charge is -2.12. The summed E-state index contributed by atoms with van der Waals surface area (Å²) in [7, 11) is -3.15. The zero-order valence-electron chi connectivity index (χ0n) is 10.0. The van der Waals surface area contributed by atoms with Crippen LogP contribution in [0.25, 0.3) is 0 Å². The highest BCUT2D eigenvalue weighted by atomic mass is 35.5. The number of nitrogens with one attached hydrogen (secondary N) is 2. The number of fused-ring (bicyclic) bond motifs is 1. The maximum Gasteiger partial charge on any atom is 0.296 e. The molecular formula is C12H9ClN3O3P. The summed E-state index contributed by atoms with van der Waals surface area (Å²) in [5.74, 6) is 0. The van der Waals surface area contributed by atoms with E-state index < -0.39 is 12.4 Å². The lowest BCUT2D eigenvalue weighted by molar-refractivity contribution is -0.383. The molecule has 0 saturated carbocycles. The SMILES string of the molecule is O=[N+]([O-])c1cc(Cl)cc2c1NP(=O)(c1ccccc1)N2. The molecule has 0 spiro atoms. The quantitative estimate of drug-likeness (QED) is 0.503. The Bertz CT molecular complexity index is 751. The van der Waals surface area contributed by atoms with E-state index in [4.69, 9.17) is 11.6 Å². The largest absolute Gasteiger partial charge is 0.315 e. The Morgan fingerprint density at radius 2 is 1.85 bits per heavy atom. The van der Waals surface area contributed by atoms with E-state index >= 15 is 0 Å². The topological polar surface area (TPSA) is 84.3 Å². The number of hydrogen-bond donors (Lipinski definition) is 2. The molecule has 1 heterocycles. The first-order valence-electron chi connectivity index (χ1n) is 5.70. The zero-order valence-corrected chi connectivity index (χ0v) is 11.7. The summed E-state index contributed by atoms with van der Waals surface area (Å²) in [6.45, 7) is 0. The van der Waals surface area contributed by atoms with Crippen molar-refractivity contribution in [1.82, 2.24) is 0 Å². The molecule has 6 nitrogen and oxygen atoms in total. The second-order valence-electron chi connectivity index (χ2n) is 4.27. The predicted octanol–water partition coefficient (Wildman–Crippen LogP) is 3.60. The molecule has 0 aliphatic carbocycles. The molecule has 2 N–H and O–H groups in total. The molecule has 2 aromatic rings. The fourth-order valence-corrected chi connectivity index (χ4v) is 4.25. The third kappa shape index (κ3) is 2.03. The molecule has 1 aliphatic heterocycles. The van der Waals surface area contributed by atoms with Gasteiger partial charge in [0, 0.05) is 11.1 Å². The Hall–Kier alpha value is -2.04. The van der Waals surface area contributed by atoms with Crippen LogP contribution in [0.3, 0.4) is 0 Å². The summed E-state index contributed by atoms with van der Waals surface area (Å²) >= 11 is 5.85. The Morgan fingerprint density at radius 3 is 2.50 bits per heavy atom. The second-order valence-corrected chi connectivity index (χ2v) is 6.89. The fraction of sp³-hybridized carbons (Fsp3) is 0. The highest BCUT2D eigenvalue weighted by Gasteiger charge is 2.37. The molecule has 0 aromatic heterocycles. The van der Waals surface area contributed by atoms with Gasteiger partial charge in [-0.2, -0.15) is 0 Å². The molecule has 1 aliphatic rings. The number of hydrogen-bond acceptors (Lipinski definition) is 3. The molecule has 20 heavy (non-hydrogen) atoms. The van der Waals surface area contributed by atoms with E-state index in [9.17, 15) is 14.7 Å². The van der Waals surface area contributed by atoms with Gasteiger partial charge in [0.2, 0.25) is 0 Å². The minimum absolute atomic E-state index is 0.200. The summed E-state index contributed by atoms with van der Waals surface area (Å²) in [6.07, 6.45) is 0. The van der Waals surface area contributed by atoms with E-state index in [1.54, 1.807) is 30.3 Å². The molecule has 102 valence electrons. The number of nitro groups is 1. The molecule has 0 fully saturated rings. The van der Waals surface area contributed by atoms with Crippen LogP contribution in [-0.2, 0) is 4.57 Å². The van der Waals surface area contributed by atoms with Crippen LogP contribution in [-0.4, -0.2) is 4.92 Å². The lowest BCUT2D eigenvalue weighted by atomic mass is 10.2. The van der Waals surface area contributed by atoms with Crippen LogP contribution < -0.4 is 15.5 Å². The van der Waals surface area contributed by atoms with Crippen molar-refractivity contribution < 1.29 is 9.49 Å². The molecule has 1 atom stereocenters. The summed E-state index contributed by atoms with van der Waals surface area (Å²) < 4.78 is 12.9. The van der Waals surface area contributed by atoms with Crippen LogP contribution in [0.5, 0.6) is 0 Å². The van der Waals surface area contributed by atoms with Gasteiger partial charge in [0.25, 0.3) is 13.1 Å². The van der Waals surface area contributed by atoms with Gasteiger partial charge >= 0.3 is 0 Å². The molecule has 3 rings (SSSR count). The highest BCUT2D eigenvalue weighted by molar-refractivity contribution is 7.75. The van der Waals surface area contributed by atoms with Crippen molar-refractivity contribution in [1.29, 1.82) is 0 Å². The second kappa shape index (κ2) is 4.51. The predicted molar refractivity (Wildman–Crippen MR) is 79.0 cm³/mol. The first-order chi connectivity index (χ1) is 9.49. The van der Waals surface area contributed by atoms with Crippen molar-refractivity contribution in [3.05, 3.63) is 57.6 Å². The average molecular weight is 310 g/mol. The maximum atomic E-state index is 12.9. The Labute approximate surface area is 119 Å².